The highest BCUT2D eigenvalue weighted by atomic mass is 19.1. The average Bonchev–Trinajstić information content (AvgIpc) is 3.04. The maximum absolute atomic E-state index is 13.8. The fraction of sp³-hybridized carbons (Fsp3) is 0.417. The van der Waals surface area contributed by atoms with Gasteiger partial charge in [-0.25, -0.2) is 9.18 Å². The molecule has 29 heavy (non-hydrogen) atoms. The van der Waals surface area contributed by atoms with Crippen molar-refractivity contribution in [3.05, 3.63) is 65.2 Å². The Morgan fingerprint density at radius 3 is 2.93 bits per heavy atom. The Morgan fingerprint density at radius 2 is 2.14 bits per heavy atom. The van der Waals surface area contributed by atoms with Gasteiger partial charge in [-0.2, -0.15) is 0 Å². The number of fused-ring (bicyclic) bond motifs is 5. The van der Waals surface area contributed by atoms with Crippen molar-refractivity contribution in [1.29, 1.82) is 0 Å². The summed E-state index contributed by atoms with van der Waals surface area (Å²) >= 11 is 0. The number of pyridine rings is 1. The van der Waals surface area contributed by atoms with Crippen LogP contribution in [0.2, 0.25) is 0 Å². The molecule has 1 amide bonds. The van der Waals surface area contributed by atoms with Crippen LogP contribution in [0, 0.1) is 23.1 Å². The number of nitrogens with one attached hydrogen (secondary N) is 1. The molecule has 1 aromatic heterocycles. The van der Waals surface area contributed by atoms with Crippen molar-refractivity contribution in [2.75, 3.05) is 5.32 Å². The normalized spacial score (nSPS) is 30.0. The van der Waals surface area contributed by atoms with Gasteiger partial charge in [-0.1, -0.05) is 19.1 Å². The van der Waals surface area contributed by atoms with Gasteiger partial charge in [0.15, 0.2) is 0 Å². The predicted octanol–water partition coefficient (Wildman–Crippen LogP) is 5.86. The number of hydrogen-bond donors (Lipinski definition) is 2. The number of benzene rings is 1. The van der Waals surface area contributed by atoms with Gasteiger partial charge in [-0.3, -0.25) is 10.3 Å². The first-order chi connectivity index (χ1) is 14.0. The molecule has 3 unspecified atom stereocenters. The number of carbonyl (C=O) groups is 1. The summed E-state index contributed by atoms with van der Waals surface area (Å²) in [6.45, 7) is 2.35. The minimum Gasteiger partial charge on any atom is -0.465 e. The number of carboxylic acid groups (broad SMARTS) is 1. The van der Waals surface area contributed by atoms with E-state index < -0.39 is 6.09 Å². The van der Waals surface area contributed by atoms with Crippen LogP contribution in [0.3, 0.4) is 0 Å². The molecule has 2 aromatic rings. The van der Waals surface area contributed by atoms with Gasteiger partial charge in [0.2, 0.25) is 0 Å². The number of nitrogens with zero attached hydrogens (tertiary/aromatic N) is 1. The van der Waals surface area contributed by atoms with Gasteiger partial charge in [0.05, 0.1) is 6.20 Å². The summed E-state index contributed by atoms with van der Waals surface area (Å²) in [4.78, 5) is 15.0. The Bertz CT molecular complexity index is 1020. The Hall–Kier alpha value is -2.69. The van der Waals surface area contributed by atoms with Gasteiger partial charge in [0.1, 0.15) is 5.82 Å². The number of hydrogen-bond acceptors (Lipinski definition) is 2. The number of rotatable bonds is 2. The highest BCUT2D eigenvalue weighted by Crippen LogP contribution is 2.63. The Labute approximate surface area is 169 Å². The van der Waals surface area contributed by atoms with Crippen molar-refractivity contribution in [3.8, 4) is 0 Å². The van der Waals surface area contributed by atoms with E-state index in [0.29, 0.717) is 23.4 Å². The van der Waals surface area contributed by atoms with Crippen LogP contribution < -0.4 is 5.32 Å². The molecular weight excluding hydrogens is 367 g/mol. The number of halogens is 1. The van der Waals surface area contributed by atoms with Crippen molar-refractivity contribution < 1.29 is 14.3 Å². The van der Waals surface area contributed by atoms with Crippen LogP contribution in [0.4, 0.5) is 14.9 Å². The lowest BCUT2D eigenvalue weighted by atomic mass is 9.54. The second-order valence-electron chi connectivity index (χ2n) is 8.96. The molecule has 0 spiro atoms. The highest BCUT2D eigenvalue weighted by molar-refractivity contribution is 5.83. The van der Waals surface area contributed by atoms with Gasteiger partial charge in [-0.15, -0.1) is 0 Å². The minimum atomic E-state index is -1.02. The molecule has 150 valence electrons. The standard InChI is InChI=1S/C24H25FN2O2/c1-24-9-8-19-18-5-3-17(27-23(28)29)11-14(18)2-4-20(19)22(24)7-6-21(24)15-10-16(25)13-26-12-15/h3,5-6,10-13,19-20,22,27H,2,4,7-9H2,1H3,(H,28,29)/t19?,20?,22?,24-/m1/s1. The number of aromatic nitrogens is 1. The predicted molar refractivity (Wildman–Crippen MR) is 110 cm³/mol. The smallest absolute Gasteiger partial charge is 0.409 e. The molecule has 1 heterocycles. The molecular formula is C24H25FN2O2. The van der Waals surface area contributed by atoms with Gasteiger partial charge < -0.3 is 5.11 Å². The fourth-order valence-electron chi connectivity index (χ4n) is 6.36. The topological polar surface area (TPSA) is 62.2 Å². The SMILES string of the molecule is C[C@]12CCC3c4ccc(NC(=O)O)cc4CCC3C1CC=C2c1cncc(F)c1. The van der Waals surface area contributed by atoms with Crippen molar-refractivity contribution in [2.24, 2.45) is 17.3 Å². The summed E-state index contributed by atoms with van der Waals surface area (Å²) in [5, 5.41) is 11.5. The largest absolute Gasteiger partial charge is 0.465 e. The van der Waals surface area contributed by atoms with Crippen LogP contribution in [0.1, 0.15) is 55.2 Å². The first-order valence-electron chi connectivity index (χ1n) is 10.4. The zero-order chi connectivity index (χ0) is 20.2. The minimum absolute atomic E-state index is 0.0684. The van der Waals surface area contributed by atoms with E-state index in [-0.39, 0.29) is 11.2 Å². The van der Waals surface area contributed by atoms with Crippen molar-refractivity contribution in [3.63, 3.8) is 0 Å². The molecule has 2 N–H and O–H groups in total. The first-order valence-corrected chi connectivity index (χ1v) is 10.4. The Morgan fingerprint density at radius 1 is 1.28 bits per heavy atom. The molecule has 3 aliphatic carbocycles. The molecule has 3 aliphatic rings. The van der Waals surface area contributed by atoms with Gasteiger partial charge in [0, 0.05) is 11.9 Å². The fourth-order valence-corrected chi connectivity index (χ4v) is 6.36. The lowest BCUT2D eigenvalue weighted by Crippen LogP contribution is -2.40. The van der Waals surface area contributed by atoms with Crippen LogP contribution in [0.25, 0.3) is 5.57 Å². The molecule has 1 saturated carbocycles. The quantitative estimate of drug-likeness (QED) is 0.673. The third-order valence-corrected chi connectivity index (χ3v) is 7.57. The van der Waals surface area contributed by atoms with Crippen LogP contribution in [-0.4, -0.2) is 16.2 Å². The molecule has 0 bridgehead atoms. The van der Waals surface area contributed by atoms with E-state index in [1.807, 2.05) is 12.1 Å². The van der Waals surface area contributed by atoms with E-state index >= 15 is 0 Å². The highest BCUT2D eigenvalue weighted by Gasteiger charge is 2.51. The second-order valence-corrected chi connectivity index (χ2v) is 8.96. The maximum atomic E-state index is 13.8. The van der Waals surface area contributed by atoms with Crippen LogP contribution in [0.5, 0.6) is 0 Å². The van der Waals surface area contributed by atoms with E-state index in [1.54, 1.807) is 12.3 Å². The lowest BCUT2D eigenvalue weighted by Gasteiger charge is -2.50. The third kappa shape index (κ3) is 2.95. The van der Waals surface area contributed by atoms with E-state index in [4.69, 9.17) is 5.11 Å². The van der Waals surface area contributed by atoms with Crippen LogP contribution in [-0.2, 0) is 6.42 Å². The summed E-state index contributed by atoms with van der Waals surface area (Å²) in [6.07, 6.45) is 9.68. The van der Waals surface area contributed by atoms with E-state index in [1.165, 1.54) is 22.9 Å². The maximum Gasteiger partial charge on any atom is 0.409 e. The summed E-state index contributed by atoms with van der Waals surface area (Å²) in [7, 11) is 0. The molecule has 4 nitrogen and oxygen atoms in total. The lowest BCUT2D eigenvalue weighted by molar-refractivity contribution is 0.0886. The Kier molecular flexibility index (Phi) is 4.23. The molecule has 0 saturated heterocycles. The van der Waals surface area contributed by atoms with Crippen molar-refractivity contribution >= 4 is 17.4 Å². The van der Waals surface area contributed by atoms with E-state index in [0.717, 1.165) is 37.7 Å². The van der Waals surface area contributed by atoms with Crippen molar-refractivity contribution in [2.45, 2.75) is 44.9 Å². The second kappa shape index (κ2) is 6.68. The molecule has 4 atom stereocenters. The van der Waals surface area contributed by atoms with Crippen LogP contribution >= 0.6 is 0 Å². The molecule has 5 heteroatoms. The summed E-state index contributed by atoms with van der Waals surface area (Å²) < 4.78 is 13.8. The Balaban J connectivity index is 1.43. The van der Waals surface area contributed by atoms with E-state index in [9.17, 15) is 9.18 Å². The van der Waals surface area contributed by atoms with E-state index in [2.05, 4.69) is 29.4 Å². The van der Waals surface area contributed by atoms with Gasteiger partial charge in [-0.05, 0) is 95.7 Å². The van der Waals surface area contributed by atoms with Crippen LogP contribution in [0.15, 0.2) is 42.7 Å². The number of aryl methyl sites for hydroxylation is 1. The summed E-state index contributed by atoms with van der Waals surface area (Å²) in [5.41, 5.74) is 5.58. The number of anilines is 1. The van der Waals surface area contributed by atoms with Crippen molar-refractivity contribution in [1.82, 2.24) is 4.98 Å². The number of amides is 1. The van der Waals surface area contributed by atoms with Gasteiger partial charge >= 0.3 is 6.09 Å². The average molecular weight is 392 g/mol. The third-order valence-electron chi connectivity index (χ3n) is 7.57. The summed E-state index contributed by atoms with van der Waals surface area (Å²) in [6, 6.07) is 7.63. The van der Waals surface area contributed by atoms with Gasteiger partial charge in [0.25, 0.3) is 0 Å². The zero-order valence-corrected chi connectivity index (χ0v) is 16.5. The molecule has 1 aromatic carbocycles. The number of allylic oxidation sites excluding steroid dienone is 2. The first kappa shape index (κ1) is 18.3. The molecule has 0 radical (unpaired) electrons. The molecule has 0 aliphatic heterocycles. The molecule has 1 fully saturated rings. The summed E-state index contributed by atoms with van der Waals surface area (Å²) in [5.74, 6) is 1.41. The molecule has 5 rings (SSSR count). The zero-order valence-electron chi connectivity index (χ0n) is 16.5. The monoisotopic (exact) mass is 392 g/mol.